The molecule has 3 heteroatoms. The summed E-state index contributed by atoms with van der Waals surface area (Å²) in [5, 5.41) is 0. The van der Waals surface area contributed by atoms with Crippen LogP contribution in [0.2, 0.25) is 0 Å². The maximum atomic E-state index is 4.79. The lowest BCUT2D eigenvalue weighted by Crippen LogP contribution is -2.77. The summed E-state index contributed by atoms with van der Waals surface area (Å²) in [5.74, 6) is 6.17. The van der Waals surface area contributed by atoms with Crippen molar-refractivity contribution in [2.75, 3.05) is 0 Å². The Hall–Kier alpha value is -1.51. The van der Waals surface area contributed by atoms with Crippen molar-refractivity contribution in [3.8, 4) is 0 Å². The molecule has 0 aliphatic heterocycles. The van der Waals surface area contributed by atoms with Crippen LogP contribution in [0, 0.1) is 45.8 Å². The van der Waals surface area contributed by atoms with E-state index in [1.54, 1.807) is 32.1 Å². The van der Waals surface area contributed by atoms with Gasteiger partial charge in [-0.05, 0) is 116 Å². The van der Waals surface area contributed by atoms with Crippen LogP contribution in [0.4, 0.5) is 0 Å². The fourth-order valence-corrected chi connectivity index (χ4v) is 11.4. The molecule has 5 saturated carbocycles. The maximum absolute atomic E-state index is 4.79. The predicted octanol–water partition coefficient (Wildman–Crippen LogP) is 7.40. The lowest BCUT2D eigenvalue weighted by molar-refractivity contribution is -0.349. The Bertz CT molecular complexity index is 1060. The fourth-order valence-electron chi connectivity index (χ4n) is 11.4. The third-order valence-electron chi connectivity index (χ3n) is 12.4. The van der Waals surface area contributed by atoms with Crippen molar-refractivity contribution in [2.24, 2.45) is 45.8 Å². The van der Waals surface area contributed by atoms with Gasteiger partial charge in [-0.25, -0.2) is 9.97 Å². The summed E-state index contributed by atoms with van der Waals surface area (Å²) >= 11 is 0. The van der Waals surface area contributed by atoms with Crippen LogP contribution in [0.3, 0.4) is 0 Å². The Morgan fingerprint density at radius 1 is 0.909 bits per heavy atom. The van der Waals surface area contributed by atoms with E-state index in [0.29, 0.717) is 16.2 Å². The van der Waals surface area contributed by atoms with Gasteiger partial charge in [0.25, 0.3) is 0 Å². The number of hydrogen-bond acceptors (Lipinski definition) is 3. The van der Waals surface area contributed by atoms with Gasteiger partial charge in [-0.15, -0.1) is 0 Å². The molecule has 5 aliphatic carbocycles. The van der Waals surface area contributed by atoms with Crippen LogP contribution < -0.4 is 0 Å². The van der Waals surface area contributed by atoms with E-state index in [2.05, 4.69) is 29.9 Å². The van der Waals surface area contributed by atoms with Gasteiger partial charge in [-0.1, -0.05) is 33.1 Å². The Kier molecular flexibility index (Phi) is 4.57. The number of aromatic nitrogens is 3. The molecule has 176 valence electrons. The Morgan fingerprint density at radius 2 is 1.79 bits per heavy atom. The highest BCUT2D eigenvalue weighted by molar-refractivity contribution is 5.72. The molecule has 2 bridgehead atoms. The molecule has 3 nitrogen and oxygen atoms in total. The third-order valence-corrected chi connectivity index (χ3v) is 12.4. The van der Waals surface area contributed by atoms with Crippen molar-refractivity contribution in [3.05, 3.63) is 30.4 Å². The molecule has 0 saturated heterocycles. The fraction of sp³-hybridized carbons (Fsp3) is 0.767. The van der Waals surface area contributed by atoms with Gasteiger partial charge in [-0.3, -0.25) is 4.98 Å². The summed E-state index contributed by atoms with van der Waals surface area (Å²) in [6.07, 6.45) is 22.7. The smallest absolute Gasteiger partial charge is 0.129 e. The van der Waals surface area contributed by atoms with E-state index in [-0.39, 0.29) is 0 Å². The summed E-state index contributed by atoms with van der Waals surface area (Å²) in [7, 11) is 0. The van der Waals surface area contributed by atoms with Gasteiger partial charge >= 0.3 is 0 Å². The lowest BCUT2D eigenvalue weighted by Gasteiger charge is -2.82. The van der Waals surface area contributed by atoms with Crippen LogP contribution in [0.15, 0.2) is 24.5 Å². The molecule has 0 radical (unpaired) electrons. The van der Waals surface area contributed by atoms with E-state index in [0.717, 1.165) is 52.9 Å². The maximum Gasteiger partial charge on any atom is 0.129 e. The minimum Gasteiger partial charge on any atom is -0.253 e. The highest BCUT2D eigenvalue weighted by Gasteiger charge is 2.82. The first-order valence-corrected chi connectivity index (χ1v) is 14.1. The standard InChI is InChI=1S/C30H41N3/c1-28(2)29-17-15-23-22-9-4-3-7-20(22)14-16-30(23,28)26(29)13-12-21(29)8-5-11-27-32-19-25-24(33-27)10-6-18-31-25/h6,10,18-23,26H,3-5,7-9,11-17H2,1-2H3. The van der Waals surface area contributed by atoms with E-state index in [1.165, 1.54) is 44.9 Å². The van der Waals surface area contributed by atoms with E-state index in [9.17, 15) is 0 Å². The number of rotatable bonds is 4. The minimum absolute atomic E-state index is 0.544. The quantitative estimate of drug-likeness (QED) is 0.494. The Labute approximate surface area is 199 Å². The van der Waals surface area contributed by atoms with Gasteiger partial charge in [0.15, 0.2) is 0 Å². The molecule has 0 N–H and O–H groups in total. The molecule has 33 heavy (non-hydrogen) atoms. The van der Waals surface area contributed by atoms with Gasteiger partial charge in [0.2, 0.25) is 0 Å². The first-order valence-electron chi connectivity index (χ1n) is 14.1. The largest absolute Gasteiger partial charge is 0.253 e. The molecule has 2 aromatic heterocycles. The normalized spacial score (nSPS) is 42.8. The van der Waals surface area contributed by atoms with E-state index >= 15 is 0 Å². The molecular formula is C30H41N3. The third kappa shape index (κ3) is 2.55. The number of aryl methyl sites for hydroxylation is 1. The summed E-state index contributed by atoms with van der Waals surface area (Å²) in [6, 6.07) is 4.03. The van der Waals surface area contributed by atoms with E-state index < -0.39 is 0 Å². The van der Waals surface area contributed by atoms with E-state index in [1.807, 2.05) is 18.5 Å². The average Bonchev–Trinajstić information content (AvgIpc) is 3.22. The minimum atomic E-state index is 0.544. The zero-order valence-electron chi connectivity index (χ0n) is 20.7. The summed E-state index contributed by atoms with van der Waals surface area (Å²) in [5.41, 5.74) is 3.76. The predicted molar refractivity (Wildman–Crippen MR) is 133 cm³/mol. The zero-order chi connectivity index (χ0) is 22.3. The number of nitrogens with zero attached hydrogens (tertiary/aromatic N) is 3. The van der Waals surface area contributed by atoms with Crippen LogP contribution in [0.5, 0.6) is 0 Å². The SMILES string of the molecule is CC1(C)C23CCC4C5CCCCC5CCC41C2CCC3CCCc1ncc2ncccc2n1. The monoisotopic (exact) mass is 443 g/mol. The van der Waals surface area contributed by atoms with E-state index in [4.69, 9.17) is 4.98 Å². The first-order chi connectivity index (χ1) is 16.1. The molecule has 2 spiro atoms. The second-order valence-electron chi connectivity index (χ2n) is 13.0. The molecule has 2 heterocycles. The van der Waals surface area contributed by atoms with Crippen LogP contribution in [-0.2, 0) is 6.42 Å². The van der Waals surface area contributed by atoms with Crippen LogP contribution >= 0.6 is 0 Å². The van der Waals surface area contributed by atoms with Crippen molar-refractivity contribution in [1.29, 1.82) is 0 Å². The molecule has 5 fully saturated rings. The highest BCUT2D eigenvalue weighted by Crippen LogP contribution is 2.88. The Balaban J connectivity index is 1.09. The molecule has 7 unspecified atom stereocenters. The first kappa shape index (κ1) is 20.8. The van der Waals surface area contributed by atoms with Gasteiger partial charge in [0.05, 0.1) is 11.7 Å². The van der Waals surface area contributed by atoms with Gasteiger partial charge in [0, 0.05) is 12.6 Å². The van der Waals surface area contributed by atoms with Crippen molar-refractivity contribution in [2.45, 2.75) is 97.3 Å². The van der Waals surface area contributed by atoms with Crippen molar-refractivity contribution in [1.82, 2.24) is 15.0 Å². The number of fused-ring (bicyclic) bond motifs is 3. The highest BCUT2D eigenvalue weighted by atomic mass is 14.9. The molecule has 7 atom stereocenters. The molecule has 0 aromatic carbocycles. The second kappa shape index (κ2) is 7.25. The van der Waals surface area contributed by atoms with Gasteiger partial charge < -0.3 is 0 Å². The Morgan fingerprint density at radius 3 is 2.73 bits per heavy atom. The lowest BCUT2D eigenvalue weighted by atomic mass is 9.22. The van der Waals surface area contributed by atoms with Crippen molar-refractivity contribution < 1.29 is 0 Å². The molecule has 2 aromatic rings. The van der Waals surface area contributed by atoms with Crippen molar-refractivity contribution >= 4 is 11.0 Å². The zero-order valence-corrected chi connectivity index (χ0v) is 20.7. The summed E-state index contributed by atoms with van der Waals surface area (Å²) < 4.78 is 0. The number of pyridine rings is 1. The number of hydrogen-bond donors (Lipinski definition) is 0. The van der Waals surface area contributed by atoms with Crippen molar-refractivity contribution in [3.63, 3.8) is 0 Å². The van der Waals surface area contributed by atoms with Crippen LogP contribution in [-0.4, -0.2) is 15.0 Å². The summed E-state index contributed by atoms with van der Waals surface area (Å²) in [4.78, 5) is 13.8. The second-order valence-corrected chi connectivity index (χ2v) is 13.0. The molecule has 0 amide bonds. The average molecular weight is 444 g/mol. The molecule has 7 rings (SSSR count). The molecule has 5 aliphatic rings. The van der Waals surface area contributed by atoms with Gasteiger partial charge in [-0.2, -0.15) is 0 Å². The van der Waals surface area contributed by atoms with Crippen LogP contribution in [0.1, 0.15) is 96.7 Å². The van der Waals surface area contributed by atoms with Crippen LogP contribution in [0.25, 0.3) is 11.0 Å². The molecular weight excluding hydrogens is 402 g/mol. The topological polar surface area (TPSA) is 38.7 Å². The summed E-state index contributed by atoms with van der Waals surface area (Å²) in [6.45, 7) is 5.47. The van der Waals surface area contributed by atoms with Gasteiger partial charge in [0.1, 0.15) is 11.3 Å².